The van der Waals surface area contributed by atoms with Crippen molar-refractivity contribution in [2.24, 2.45) is 5.92 Å². The maximum absolute atomic E-state index is 9.91. The van der Waals surface area contributed by atoms with E-state index in [0.29, 0.717) is 5.92 Å². The zero-order valence-corrected chi connectivity index (χ0v) is 10.4. The molecular weight excluding hydrogens is 252 g/mol. The minimum Gasteiger partial charge on any atom is -0.393 e. The molecule has 0 spiro atoms. The Morgan fingerprint density at radius 3 is 2.67 bits per heavy atom. The quantitative estimate of drug-likeness (QED) is 0.870. The van der Waals surface area contributed by atoms with Crippen LogP contribution in [0, 0.1) is 5.92 Å². The molecule has 15 heavy (non-hydrogen) atoms. The first-order valence-corrected chi connectivity index (χ1v) is 6.48. The number of aliphatic hydroxyl groups excluding tert-OH is 1. The summed E-state index contributed by atoms with van der Waals surface area (Å²) in [4.78, 5) is 0. The van der Waals surface area contributed by atoms with E-state index in [1.54, 1.807) is 0 Å². The van der Waals surface area contributed by atoms with Gasteiger partial charge in [0.25, 0.3) is 0 Å². The van der Waals surface area contributed by atoms with Gasteiger partial charge in [-0.3, -0.25) is 0 Å². The second-order valence-corrected chi connectivity index (χ2v) is 5.26. The Labute approximate surface area is 99.6 Å². The van der Waals surface area contributed by atoms with E-state index in [4.69, 9.17) is 0 Å². The molecule has 1 aliphatic rings. The van der Waals surface area contributed by atoms with Crippen molar-refractivity contribution in [2.75, 3.05) is 0 Å². The third-order valence-electron chi connectivity index (χ3n) is 3.31. The van der Waals surface area contributed by atoms with Gasteiger partial charge in [-0.15, -0.1) is 0 Å². The molecule has 1 saturated carbocycles. The van der Waals surface area contributed by atoms with Gasteiger partial charge < -0.3 is 5.11 Å². The van der Waals surface area contributed by atoms with Crippen molar-refractivity contribution >= 4 is 15.9 Å². The molecule has 0 bridgehead atoms. The predicted molar refractivity (Wildman–Crippen MR) is 65.8 cm³/mol. The summed E-state index contributed by atoms with van der Waals surface area (Å²) in [6.45, 7) is 0. The molecular formula is C13H17BrO. The molecule has 0 radical (unpaired) electrons. The van der Waals surface area contributed by atoms with E-state index in [2.05, 4.69) is 34.1 Å². The van der Waals surface area contributed by atoms with Gasteiger partial charge >= 0.3 is 0 Å². The number of rotatable bonds is 2. The number of aliphatic hydroxyl groups is 1. The smallest absolute Gasteiger partial charge is 0.0571 e. The van der Waals surface area contributed by atoms with Crippen LogP contribution in [-0.2, 0) is 6.42 Å². The fourth-order valence-corrected chi connectivity index (χ4v) is 2.82. The predicted octanol–water partition coefficient (Wildman–Crippen LogP) is 3.54. The van der Waals surface area contributed by atoms with Crippen LogP contribution in [0.3, 0.4) is 0 Å². The van der Waals surface area contributed by atoms with Crippen molar-refractivity contribution in [3.05, 3.63) is 34.3 Å². The summed E-state index contributed by atoms with van der Waals surface area (Å²) >= 11 is 3.56. The number of hydrogen-bond donors (Lipinski definition) is 1. The van der Waals surface area contributed by atoms with E-state index in [1.807, 2.05) is 6.07 Å². The van der Waals surface area contributed by atoms with Gasteiger partial charge in [0.2, 0.25) is 0 Å². The van der Waals surface area contributed by atoms with Gasteiger partial charge in [-0.25, -0.2) is 0 Å². The largest absolute Gasteiger partial charge is 0.393 e. The summed E-state index contributed by atoms with van der Waals surface area (Å²) in [5.74, 6) is 0.456. The lowest BCUT2D eigenvalue weighted by atomic mass is 9.82. The van der Waals surface area contributed by atoms with Crippen molar-refractivity contribution in [2.45, 2.75) is 38.2 Å². The van der Waals surface area contributed by atoms with Gasteiger partial charge in [0.15, 0.2) is 0 Å². The van der Waals surface area contributed by atoms with Crippen LogP contribution < -0.4 is 0 Å². The molecule has 0 aromatic heterocycles. The van der Waals surface area contributed by atoms with Gasteiger partial charge in [0.05, 0.1) is 6.10 Å². The zero-order valence-electron chi connectivity index (χ0n) is 8.82. The molecule has 0 unspecified atom stereocenters. The Hall–Kier alpha value is -0.340. The molecule has 1 fully saturated rings. The van der Waals surface area contributed by atoms with Crippen LogP contribution >= 0.6 is 15.9 Å². The minimum atomic E-state index is -0.0918. The summed E-state index contributed by atoms with van der Waals surface area (Å²) < 4.78 is 1.17. The van der Waals surface area contributed by atoms with Crippen molar-refractivity contribution in [3.8, 4) is 0 Å². The second-order valence-electron chi connectivity index (χ2n) is 4.41. The average Bonchev–Trinajstić information content (AvgIpc) is 2.24. The highest BCUT2D eigenvalue weighted by atomic mass is 79.9. The molecule has 0 saturated heterocycles. The lowest BCUT2D eigenvalue weighted by Gasteiger charge is -2.27. The van der Waals surface area contributed by atoms with Crippen molar-refractivity contribution in [1.82, 2.24) is 0 Å². The molecule has 1 aromatic rings. The average molecular weight is 269 g/mol. The highest BCUT2D eigenvalue weighted by molar-refractivity contribution is 9.10. The molecule has 1 aliphatic carbocycles. The van der Waals surface area contributed by atoms with Gasteiger partial charge in [-0.2, -0.15) is 0 Å². The van der Waals surface area contributed by atoms with Crippen LogP contribution in [0.15, 0.2) is 28.7 Å². The molecule has 2 heteroatoms. The highest BCUT2D eigenvalue weighted by Crippen LogP contribution is 2.29. The molecule has 0 aliphatic heterocycles. The van der Waals surface area contributed by atoms with Gasteiger partial charge in [-0.1, -0.05) is 47.0 Å². The molecule has 1 N–H and O–H groups in total. The van der Waals surface area contributed by atoms with Crippen molar-refractivity contribution < 1.29 is 5.11 Å². The fourth-order valence-electron chi connectivity index (χ4n) is 2.37. The maximum Gasteiger partial charge on any atom is 0.0571 e. The first-order chi connectivity index (χ1) is 7.27. The molecule has 1 nitrogen and oxygen atoms in total. The maximum atomic E-state index is 9.91. The van der Waals surface area contributed by atoms with E-state index in [0.717, 1.165) is 12.8 Å². The Balaban J connectivity index is 2.04. The van der Waals surface area contributed by atoms with Crippen LogP contribution in [0.2, 0.25) is 0 Å². The van der Waals surface area contributed by atoms with Crippen LogP contribution in [0.25, 0.3) is 0 Å². The summed E-state index contributed by atoms with van der Waals surface area (Å²) in [6, 6.07) is 8.32. The molecule has 1 aromatic carbocycles. The summed E-state index contributed by atoms with van der Waals surface area (Å²) in [5, 5.41) is 9.91. The SMILES string of the molecule is O[C@@H]1CCCC[C@H]1Cc1ccccc1Br. The topological polar surface area (TPSA) is 20.2 Å². The van der Waals surface area contributed by atoms with E-state index in [-0.39, 0.29) is 6.10 Å². The Bertz CT molecular complexity index is 324. The first-order valence-electron chi connectivity index (χ1n) is 5.69. The molecule has 82 valence electrons. The van der Waals surface area contributed by atoms with Crippen LogP contribution in [0.1, 0.15) is 31.2 Å². The third-order valence-corrected chi connectivity index (χ3v) is 4.08. The monoisotopic (exact) mass is 268 g/mol. The van der Waals surface area contributed by atoms with E-state index in [9.17, 15) is 5.11 Å². The highest BCUT2D eigenvalue weighted by Gasteiger charge is 2.23. The van der Waals surface area contributed by atoms with Crippen LogP contribution in [0.4, 0.5) is 0 Å². The van der Waals surface area contributed by atoms with E-state index < -0.39 is 0 Å². The lowest BCUT2D eigenvalue weighted by molar-refractivity contribution is 0.0699. The molecule has 2 rings (SSSR count). The van der Waals surface area contributed by atoms with E-state index in [1.165, 1.54) is 29.3 Å². The standard InChI is InChI=1S/C13H17BrO/c14-12-7-3-1-5-10(12)9-11-6-2-4-8-13(11)15/h1,3,5,7,11,13,15H,2,4,6,8-9H2/t11-,13+/m0/s1. The van der Waals surface area contributed by atoms with Crippen LogP contribution in [0.5, 0.6) is 0 Å². The van der Waals surface area contributed by atoms with Gasteiger partial charge in [-0.05, 0) is 36.8 Å². The number of halogens is 1. The van der Waals surface area contributed by atoms with Crippen molar-refractivity contribution in [1.29, 1.82) is 0 Å². The Morgan fingerprint density at radius 1 is 1.20 bits per heavy atom. The normalized spacial score (nSPS) is 26.5. The zero-order chi connectivity index (χ0) is 10.7. The van der Waals surface area contributed by atoms with Gasteiger partial charge in [0.1, 0.15) is 0 Å². The first kappa shape index (κ1) is 11.2. The lowest BCUT2D eigenvalue weighted by Crippen LogP contribution is -2.26. The molecule has 2 atom stereocenters. The summed E-state index contributed by atoms with van der Waals surface area (Å²) in [7, 11) is 0. The molecule has 0 amide bonds. The van der Waals surface area contributed by atoms with Crippen molar-refractivity contribution in [3.63, 3.8) is 0 Å². The Kier molecular flexibility index (Phi) is 3.81. The van der Waals surface area contributed by atoms with Gasteiger partial charge in [0, 0.05) is 4.47 Å². The number of benzene rings is 1. The minimum absolute atomic E-state index is 0.0918. The van der Waals surface area contributed by atoms with E-state index >= 15 is 0 Å². The number of hydrogen-bond acceptors (Lipinski definition) is 1. The third kappa shape index (κ3) is 2.82. The molecule has 0 heterocycles. The fraction of sp³-hybridized carbons (Fsp3) is 0.538. The summed E-state index contributed by atoms with van der Waals surface area (Å²) in [5.41, 5.74) is 1.32. The summed E-state index contributed by atoms with van der Waals surface area (Å²) in [6.07, 6.45) is 5.52. The van der Waals surface area contributed by atoms with Crippen LogP contribution in [-0.4, -0.2) is 11.2 Å². The second kappa shape index (κ2) is 5.13. The Morgan fingerprint density at radius 2 is 1.93 bits per heavy atom.